The van der Waals surface area contributed by atoms with Gasteiger partial charge in [0, 0.05) is 23.0 Å². The van der Waals surface area contributed by atoms with Gasteiger partial charge >= 0.3 is 0 Å². The molecule has 0 N–H and O–H groups in total. The molecule has 0 aliphatic heterocycles. The Labute approximate surface area is 122 Å². The Bertz CT molecular complexity index is 755. The van der Waals surface area contributed by atoms with Crippen LogP contribution < -0.4 is 0 Å². The van der Waals surface area contributed by atoms with Crippen molar-refractivity contribution in [3.8, 4) is 0 Å². The quantitative estimate of drug-likeness (QED) is 0.690. The molecule has 0 radical (unpaired) electrons. The van der Waals surface area contributed by atoms with Crippen LogP contribution in [0.4, 0.5) is 0 Å². The van der Waals surface area contributed by atoms with Crippen LogP contribution in [0, 0.1) is 0 Å². The molecule has 2 bridgehead atoms. The number of carbonyl (C=O) groups excluding carboxylic acids is 2. The summed E-state index contributed by atoms with van der Waals surface area (Å²) in [7, 11) is 0. The van der Waals surface area contributed by atoms with E-state index < -0.39 is 0 Å². The third-order valence-electron chi connectivity index (χ3n) is 5.03. The molecule has 2 nitrogen and oxygen atoms in total. The van der Waals surface area contributed by atoms with Crippen molar-refractivity contribution in [1.82, 2.24) is 0 Å². The monoisotopic (exact) mass is 272 g/mol. The van der Waals surface area contributed by atoms with E-state index in [2.05, 4.69) is 24.3 Å². The van der Waals surface area contributed by atoms with Crippen LogP contribution >= 0.6 is 0 Å². The Morgan fingerprint density at radius 2 is 0.952 bits per heavy atom. The van der Waals surface area contributed by atoms with Gasteiger partial charge in [-0.15, -0.1) is 0 Å². The van der Waals surface area contributed by atoms with E-state index in [0.29, 0.717) is 0 Å². The minimum absolute atomic E-state index is 0.0222. The van der Waals surface area contributed by atoms with Crippen molar-refractivity contribution in [2.45, 2.75) is 18.3 Å². The Morgan fingerprint density at radius 3 is 1.29 bits per heavy atom. The zero-order valence-electron chi connectivity index (χ0n) is 11.3. The summed E-state index contributed by atoms with van der Waals surface area (Å²) in [4.78, 5) is 24.7. The van der Waals surface area contributed by atoms with Gasteiger partial charge in [-0.05, 0) is 22.3 Å². The lowest BCUT2D eigenvalue weighted by molar-refractivity contribution is -0.121. The first-order valence-electron chi connectivity index (χ1n) is 7.25. The van der Waals surface area contributed by atoms with Crippen molar-refractivity contribution in [3.05, 3.63) is 81.9 Å². The van der Waals surface area contributed by atoms with Crippen LogP contribution in [-0.4, -0.2) is 11.6 Å². The van der Waals surface area contributed by atoms with Gasteiger partial charge in [0.25, 0.3) is 0 Å². The summed E-state index contributed by atoms with van der Waals surface area (Å²) in [6, 6.07) is 16.5. The van der Waals surface area contributed by atoms with Gasteiger partial charge in [-0.3, -0.25) is 9.59 Å². The first-order chi connectivity index (χ1) is 10.3. The zero-order chi connectivity index (χ0) is 14.1. The van der Waals surface area contributed by atoms with Crippen molar-refractivity contribution >= 4 is 11.6 Å². The van der Waals surface area contributed by atoms with Crippen LogP contribution in [0.5, 0.6) is 0 Å². The molecule has 0 fully saturated rings. The predicted molar refractivity (Wildman–Crippen MR) is 78.2 cm³/mol. The van der Waals surface area contributed by atoms with Crippen molar-refractivity contribution in [2.75, 3.05) is 0 Å². The molecule has 0 saturated heterocycles. The van der Waals surface area contributed by atoms with Gasteiger partial charge in [0.05, 0.1) is 6.42 Å². The molecule has 4 aliphatic rings. The van der Waals surface area contributed by atoms with E-state index in [1.54, 1.807) is 0 Å². The van der Waals surface area contributed by atoms with E-state index in [9.17, 15) is 9.59 Å². The second-order valence-electron chi connectivity index (χ2n) is 5.97. The van der Waals surface area contributed by atoms with Crippen LogP contribution in [0.2, 0.25) is 0 Å². The van der Waals surface area contributed by atoms with Gasteiger partial charge in [-0.1, -0.05) is 48.5 Å². The Kier molecular flexibility index (Phi) is 1.91. The lowest BCUT2D eigenvalue weighted by Crippen LogP contribution is -2.29. The third-order valence-corrected chi connectivity index (χ3v) is 5.03. The van der Waals surface area contributed by atoms with E-state index in [4.69, 9.17) is 0 Å². The molecule has 2 aromatic rings. The fraction of sp³-hybridized carbons (Fsp3) is 0.158. The molecule has 0 spiro atoms. The molecule has 2 heteroatoms. The predicted octanol–water partition coefficient (Wildman–Crippen LogP) is 3.12. The van der Waals surface area contributed by atoms with Gasteiger partial charge in [0.1, 0.15) is 0 Å². The van der Waals surface area contributed by atoms with E-state index in [-0.39, 0.29) is 29.8 Å². The molecular formula is C19H12O2. The molecule has 0 heterocycles. The van der Waals surface area contributed by atoms with Crippen LogP contribution in [0.1, 0.15) is 40.5 Å². The summed E-state index contributed by atoms with van der Waals surface area (Å²) < 4.78 is 0. The number of rotatable bonds is 0. The van der Waals surface area contributed by atoms with E-state index in [1.165, 1.54) is 22.3 Å². The van der Waals surface area contributed by atoms with Crippen molar-refractivity contribution in [3.63, 3.8) is 0 Å². The van der Waals surface area contributed by atoms with Crippen LogP contribution in [0.15, 0.2) is 59.7 Å². The maximum Gasteiger partial charge on any atom is 0.167 e. The largest absolute Gasteiger partial charge is 0.294 e. The minimum Gasteiger partial charge on any atom is -0.294 e. The topological polar surface area (TPSA) is 34.1 Å². The molecule has 0 amide bonds. The Balaban J connectivity index is 1.92. The van der Waals surface area contributed by atoms with E-state index in [1.807, 2.05) is 24.3 Å². The number of hydrogen-bond acceptors (Lipinski definition) is 2. The summed E-state index contributed by atoms with van der Waals surface area (Å²) in [5.74, 6) is -0.0456. The van der Waals surface area contributed by atoms with Gasteiger partial charge in [0.2, 0.25) is 0 Å². The molecule has 0 atom stereocenters. The number of Topliss-reactive ketones (excluding diaryl/α,β-unsaturated/α-hetero) is 2. The van der Waals surface area contributed by atoms with Gasteiger partial charge in [-0.2, -0.15) is 0 Å². The maximum atomic E-state index is 12.3. The first-order valence-corrected chi connectivity index (χ1v) is 7.25. The molecule has 21 heavy (non-hydrogen) atoms. The summed E-state index contributed by atoms with van der Waals surface area (Å²) in [5, 5.41) is 0. The highest BCUT2D eigenvalue weighted by molar-refractivity contribution is 6.25. The fourth-order valence-electron chi connectivity index (χ4n) is 4.30. The first kappa shape index (κ1) is 11.2. The summed E-state index contributed by atoms with van der Waals surface area (Å²) in [6.07, 6.45) is 0.0552. The summed E-state index contributed by atoms with van der Waals surface area (Å²) in [5.41, 5.74) is 6.32. The number of ketones is 2. The second kappa shape index (κ2) is 3.59. The fourth-order valence-corrected chi connectivity index (χ4v) is 4.30. The van der Waals surface area contributed by atoms with Gasteiger partial charge in [-0.25, -0.2) is 0 Å². The highest BCUT2D eigenvalue weighted by atomic mass is 16.2. The van der Waals surface area contributed by atoms with Crippen molar-refractivity contribution < 1.29 is 9.59 Å². The van der Waals surface area contributed by atoms with Crippen LogP contribution in [0.3, 0.4) is 0 Å². The molecule has 100 valence electrons. The number of carbonyl (C=O) groups is 2. The van der Waals surface area contributed by atoms with Gasteiger partial charge < -0.3 is 0 Å². The smallest absolute Gasteiger partial charge is 0.167 e. The second-order valence-corrected chi connectivity index (χ2v) is 5.97. The van der Waals surface area contributed by atoms with Crippen LogP contribution in [-0.2, 0) is 9.59 Å². The number of hydrogen-bond donors (Lipinski definition) is 0. The van der Waals surface area contributed by atoms with Crippen molar-refractivity contribution in [2.24, 2.45) is 0 Å². The highest BCUT2D eigenvalue weighted by Crippen LogP contribution is 2.57. The lowest BCUT2D eigenvalue weighted by Gasteiger charge is -2.40. The maximum absolute atomic E-state index is 12.3. The summed E-state index contributed by atoms with van der Waals surface area (Å²) >= 11 is 0. The number of allylic oxidation sites excluding steroid dienone is 2. The molecule has 0 aromatic heterocycles. The van der Waals surface area contributed by atoms with Crippen molar-refractivity contribution in [1.29, 1.82) is 0 Å². The zero-order valence-corrected chi connectivity index (χ0v) is 11.3. The van der Waals surface area contributed by atoms with E-state index in [0.717, 1.165) is 11.1 Å². The Morgan fingerprint density at radius 1 is 0.619 bits per heavy atom. The Hall–Kier alpha value is -2.48. The average molecular weight is 272 g/mol. The van der Waals surface area contributed by atoms with E-state index >= 15 is 0 Å². The summed E-state index contributed by atoms with van der Waals surface area (Å²) in [6.45, 7) is 0. The van der Waals surface area contributed by atoms with Crippen LogP contribution in [0.25, 0.3) is 0 Å². The average Bonchev–Trinajstić information content (AvgIpc) is 2.83. The van der Waals surface area contributed by atoms with Gasteiger partial charge in [0.15, 0.2) is 11.6 Å². The normalized spacial score (nSPS) is 25.0. The third kappa shape index (κ3) is 1.19. The number of benzene rings is 2. The molecule has 6 rings (SSSR count). The minimum atomic E-state index is -0.0450. The molecule has 2 aromatic carbocycles. The molecule has 0 saturated carbocycles. The lowest BCUT2D eigenvalue weighted by atomic mass is 9.61. The molecular weight excluding hydrogens is 260 g/mol. The SMILES string of the molecule is O=C1CC(=O)C2=C1C1c3ccccc3C2c2ccccc21. The molecule has 0 unspecified atom stereocenters. The molecule has 4 aliphatic carbocycles. The standard InChI is InChI=1S/C19H12O2/c20-14-9-15(21)19-17-11-6-2-1-5-10(11)16(18(14)19)12-7-3-4-8-13(12)17/h1-8,16-17H,9H2. The highest BCUT2D eigenvalue weighted by Gasteiger charge is 2.49.